The number of hydrogen-bond acceptors (Lipinski definition) is 4. The van der Waals surface area contributed by atoms with Crippen LogP contribution in [0.15, 0.2) is 18.2 Å². The maximum Gasteiger partial charge on any atom is 0.128 e. The number of nitrogens with one attached hydrogen (secondary N) is 1. The molecule has 0 amide bonds. The van der Waals surface area contributed by atoms with Crippen LogP contribution in [0.2, 0.25) is 0 Å². The Hall–Kier alpha value is -1.13. The van der Waals surface area contributed by atoms with E-state index in [0.29, 0.717) is 0 Å². The summed E-state index contributed by atoms with van der Waals surface area (Å²) in [4.78, 5) is 6.75. The maximum atomic E-state index is 5.07. The molecule has 1 aliphatic carbocycles. The van der Waals surface area contributed by atoms with Gasteiger partial charge in [0.25, 0.3) is 0 Å². The summed E-state index contributed by atoms with van der Waals surface area (Å²) in [5.74, 6) is 1.01. The first-order chi connectivity index (χ1) is 8.29. The first kappa shape index (κ1) is 12.3. The highest BCUT2D eigenvalue weighted by Crippen LogP contribution is 2.19. The number of methoxy groups -OCH3 is 1. The summed E-state index contributed by atoms with van der Waals surface area (Å²) in [5, 5.41) is 3.48. The van der Waals surface area contributed by atoms with Gasteiger partial charge in [0, 0.05) is 33.3 Å². The minimum atomic E-state index is 0.725. The van der Waals surface area contributed by atoms with Gasteiger partial charge in [-0.25, -0.2) is 4.98 Å². The molecule has 1 heterocycles. The van der Waals surface area contributed by atoms with Crippen molar-refractivity contribution >= 4 is 5.82 Å². The van der Waals surface area contributed by atoms with E-state index in [9.17, 15) is 0 Å². The van der Waals surface area contributed by atoms with Crippen molar-refractivity contribution in [2.45, 2.75) is 25.4 Å². The van der Waals surface area contributed by atoms with Crippen molar-refractivity contribution in [3.8, 4) is 0 Å². The summed E-state index contributed by atoms with van der Waals surface area (Å²) in [6.45, 7) is 2.46. The molecule has 1 aromatic rings. The fourth-order valence-corrected chi connectivity index (χ4v) is 1.66. The molecule has 1 aromatic heterocycles. The van der Waals surface area contributed by atoms with Crippen LogP contribution in [0.4, 0.5) is 5.82 Å². The maximum absolute atomic E-state index is 5.07. The average molecular weight is 235 g/mol. The summed E-state index contributed by atoms with van der Waals surface area (Å²) < 4.78 is 5.07. The van der Waals surface area contributed by atoms with Crippen LogP contribution in [0, 0.1) is 0 Å². The number of anilines is 1. The third-order valence-corrected chi connectivity index (χ3v) is 2.96. The lowest BCUT2D eigenvalue weighted by atomic mass is 10.3. The van der Waals surface area contributed by atoms with Crippen LogP contribution in [0.1, 0.15) is 18.5 Å². The minimum absolute atomic E-state index is 0.725. The molecule has 1 aliphatic rings. The number of nitrogens with zero attached hydrogens (tertiary/aromatic N) is 2. The molecule has 1 fully saturated rings. The van der Waals surface area contributed by atoms with Gasteiger partial charge in [-0.3, -0.25) is 0 Å². The lowest BCUT2D eigenvalue weighted by Gasteiger charge is -2.18. The molecule has 0 atom stereocenters. The van der Waals surface area contributed by atoms with Crippen LogP contribution in [-0.2, 0) is 11.3 Å². The van der Waals surface area contributed by atoms with Crippen LogP contribution < -0.4 is 10.2 Å². The average Bonchev–Trinajstić information content (AvgIpc) is 3.18. The van der Waals surface area contributed by atoms with Gasteiger partial charge in [-0.1, -0.05) is 6.07 Å². The van der Waals surface area contributed by atoms with Crippen LogP contribution >= 0.6 is 0 Å². The zero-order valence-corrected chi connectivity index (χ0v) is 10.6. The molecule has 1 saturated carbocycles. The molecule has 0 bridgehead atoms. The highest BCUT2D eigenvalue weighted by Gasteiger charge is 2.20. The molecule has 0 aliphatic heterocycles. The van der Waals surface area contributed by atoms with E-state index in [0.717, 1.165) is 37.3 Å². The van der Waals surface area contributed by atoms with Gasteiger partial charge in [-0.05, 0) is 25.0 Å². The van der Waals surface area contributed by atoms with Gasteiger partial charge in [-0.2, -0.15) is 0 Å². The SMILES string of the molecule is COCCN(C)c1cccc(CNC2CC2)n1. The molecule has 0 saturated heterocycles. The van der Waals surface area contributed by atoms with Crippen molar-refractivity contribution in [3.05, 3.63) is 23.9 Å². The van der Waals surface area contributed by atoms with E-state index in [1.807, 2.05) is 13.1 Å². The standard InChI is InChI=1S/C13H21N3O/c1-16(8-9-17-2)13-5-3-4-12(15-13)10-14-11-6-7-11/h3-5,11,14H,6-10H2,1-2H3. The Bertz CT molecular complexity index is 352. The first-order valence-corrected chi connectivity index (χ1v) is 6.19. The van der Waals surface area contributed by atoms with Gasteiger partial charge >= 0.3 is 0 Å². The number of ether oxygens (including phenoxy) is 1. The number of rotatable bonds is 7. The van der Waals surface area contributed by atoms with E-state index >= 15 is 0 Å². The van der Waals surface area contributed by atoms with E-state index in [4.69, 9.17) is 4.74 Å². The Labute approximate surface area is 103 Å². The van der Waals surface area contributed by atoms with Gasteiger partial charge in [0.15, 0.2) is 0 Å². The zero-order valence-electron chi connectivity index (χ0n) is 10.6. The molecular weight excluding hydrogens is 214 g/mol. The van der Waals surface area contributed by atoms with Crippen LogP contribution in [0.5, 0.6) is 0 Å². The Morgan fingerprint density at radius 2 is 2.29 bits per heavy atom. The molecule has 1 N–H and O–H groups in total. The molecule has 0 unspecified atom stereocenters. The minimum Gasteiger partial charge on any atom is -0.383 e. The van der Waals surface area contributed by atoms with Crippen molar-refractivity contribution in [2.75, 3.05) is 32.2 Å². The molecule has 17 heavy (non-hydrogen) atoms. The Kier molecular flexibility index (Phi) is 4.34. The van der Waals surface area contributed by atoms with Crippen molar-refractivity contribution in [2.24, 2.45) is 0 Å². The fraction of sp³-hybridized carbons (Fsp3) is 0.615. The molecule has 0 spiro atoms. The van der Waals surface area contributed by atoms with Crippen LogP contribution in [0.25, 0.3) is 0 Å². The number of pyridine rings is 1. The van der Waals surface area contributed by atoms with Crippen LogP contribution in [-0.4, -0.2) is 38.3 Å². The van der Waals surface area contributed by atoms with Crippen molar-refractivity contribution in [3.63, 3.8) is 0 Å². The van der Waals surface area contributed by atoms with E-state index in [1.165, 1.54) is 12.8 Å². The van der Waals surface area contributed by atoms with Gasteiger partial charge in [-0.15, -0.1) is 0 Å². The van der Waals surface area contributed by atoms with Gasteiger partial charge in [0.05, 0.1) is 12.3 Å². The Morgan fingerprint density at radius 3 is 3.00 bits per heavy atom. The summed E-state index contributed by atoms with van der Waals surface area (Å²) in [7, 11) is 3.76. The smallest absolute Gasteiger partial charge is 0.128 e. The zero-order chi connectivity index (χ0) is 12.1. The quantitative estimate of drug-likeness (QED) is 0.775. The molecule has 4 nitrogen and oxygen atoms in total. The second-order valence-electron chi connectivity index (χ2n) is 4.56. The summed E-state index contributed by atoms with van der Waals surface area (Å²) >= 11 is 0. The summed E-state index contributed by atoms with van der Waals surface area (Å²) in [6, 6.07) is 6.90. The molecule has 2 rings (SSSR count). The van der Waals surface area contributed by atoms with E-state index in [-0.39, 0.29) is 0 Å². The van der Waals surface area contributed by atoms with Gasteiger partial charge in [0.2, 0.25) is 0 Å². The lowest BCUT2D eigenvalue weighted by molar-refractivity contribution is 0.206. The van der Waals surface area contributed by atoms with E-state index < -0.39 is 0 Å². The highest BCUT2D eigenvalue weighted by molar-refractivity contribution is 5.38. The predicted octanol–water partition coefficient (Wildman–Crippen LogP) is 1.42. The van der Waals surface area contributed by atoms with Gasteiger partial charge in [0.1, 0.15) is 5.82 Å². The number of likely N-dealkylation sites (N-methyl/N-ethyl adjacent to an activating group) is 1. The topological polar surface area (TPSA) is 37.4 Å². The Morgan fingerprint density at radius 1 is 1.47 bits per heavy atom. The molecule has 0 aromatic carbocycles. The van der Waals surface area contributed by atoms with Crippen molar-refractivity contribution < 1.29 is 4.74 Å². The van der Waals surface area contributed by atoms with Crippen LogP contribution in [0.3, 0.4) is 0 Å². The highest BCUT2D eigenvalue weighted by atomic mass is 16.5. The Balaban J connectivity index is 1.89. The van der Waals surface area contributed by atoms with Gasteiger partial charge < -0.3 is 15.0 Å². The third-order valence-electron chi connectivity index (χ3n) is 2.96. The number of hydrogen-bond donors (Lipinski definition) is 1. The number of aromatic nitrogens is 1. The van der Waals surface area contributed by atoms with E-state index in [2.05, 4.69) is 27.3 Å². The van der Waals surface area contributed by atoms with E-state index in [1.54, 1.807) is 7.11 Å². The second kappa shape index (κ2) is 5.98. The normalized spacial score (nSPS) is 14.9. The fourth-order valence-electron chi connectivity index (χ4n) is 1.66. The predicted molar refractivity (Wildman–Crippen MR) is 69.2 cm³/mol. The summed E-state index contributed by atoms with van der Waals surface area (Å²) in [6.07, 6.45) is 2.63. The largest absolute Gasteiger partial charge is 0.383 e. The van der Waals surface area contributed by atoms with Crippen molar-refractivity contribution in [1.82, 2.24) is 10.3 Å². The molecule has 4 heteroatoms. The molecular formula is C13H21N3O. The second-order valence-corrected chi connectivity index (χ2v) is 4.56. The van der Waals surface area contributed by atoms with Crippen molar-refractivity contribution in [1.29, 1.82) is 0 Å². The lowest BCUT2D eigenvalue weighted by Crippen LogP contribution is -2.24. The molecule has 0 radical (unpaired) electrons. The monoisotopic (exact) mass is 235 g/mol. The molecule has 94 valence electrons. The summed E-state index contributed by atoms with van der Waals surface area (Å²) in [5.41, 5.74) is 1.11. The third kappa shape index (κ3) is 3.98. The first-order valence-electron chi connectivity index (χ1n) is 6.19.